The summed E-state index contributed by atoms with van der Waals surface area (Å²) in [7, 11) is 4.19. The highest BCUT2D eigenvalue weighted by Crippen LogP contribution is 2.33. The number of fused-ring (bicyclic) bond motifs is 1. The van der Waals surface area contributed by atoms with Crippen LogP contribution < -0.4 is 5.32 Å². The first kappa shape index (κ1) is 21.0. The van der Waals surface area contributed by atoms with Gasteiger partial charge in [0, 0.05) is 44.5 Å². The molecule has 1 saturated carbocycles. The standard InChI is InChI=1S/C23H34N6O/c1-27(2)11-5-10-24-23-19-6-3-4-7-20(19)25-21(26-23)17-28-12-14-29(15-13-28)22(30)16-18-8-9-18/h3-4,6-7,18H,5,8-17H2,1-2H3,(H,24,25,26). The SMILES string of the molecule is CN(C)CCCNc1nc(CN2CCN(C(=O)CC3CC3)CC2)nc2ccccc12. The number of hydrogen-bond donors (Lipinski definition) is 1. The van der Waals surface area contributed by atoms with Gasteiger partial charge in [-0.3, -0.25) is 9.69 Å². The smallest absolute Gasteiger partial charge is 0.222 e. The summed E-state index contributed by atoms with van der Waals surface area (Å²) in [5.41, 5.74) is 0.982. The van der Waals surface area contributed by atoms with Crippen LogP contribution in [-0.2, 0) is 11.3 Å². The van der Waals surface area contributed by atoms with Gasteiger partial charge in [-0.1, -0.05) is 12.1 Å². The third kappa shape index (κ3) is 5.67. The number of carbonyl (C=O) groups excluding carboxylic acids is 1. The number of nitrogens with one attached hydrogen (secondary N) is 1. The minimum atomic E-state index is 0.336. The van der Waals surface area contributed by atoms with Gasteiger partial charge in [-0.25, -0.2) is 9.97 Å². The lowest BCUT2D eigenvalue weighted by Crippen LogP contribution is -2.48. The molecule has 0 bridgehead atoms. The van der Waals surface area contributed by atoms with Gasteiger partial charge in [-0.05, 0) is 58.0 Å². The Morgan fingerprint density at radius 2 is 1.90 bits per heavy atom. The molecule has 7 heteroatoms. The first-order valence-corrected chi connectivity index (χ1v) is 11.2. The van der Waals surface area contributed by atoms with Crippen molar-refractivity contribution in [2.24, 2.45) is 5.92 Å². The summed E-state index contributed by atoms with van der Waals surface area (Å²) in [4.78, 5) is 28.6. The molecule has 30 heavy (non-hydrogen) atoms. The molecule has 2 fully saturated rings. The minimum absolute atomic E-state index is 0.336. The molecule has 0 radical (unpaired) electrons. The van der Waals surface area contributed by atoms with E-state index in [2.05, 4.69) is 41.3 Å². The van der Waals surface area contributed by atoms with Crippen LogP contribution in [0.4, 0.5) is 5.82 Å². The van der Waals surface area contributed by atoms with Crippen molar-refractivity contribution < 1.29 is 4.79 Å². The molecular weight excluding hydrogens is 376 g/mol. The summed E-state index contributed by atoms with van der Waals surface area (Å²) < 4.78 is 0. The molecule has 2 aromatic rings. The number of aromatic nitrogens is 2. The van der Waals surface area contributed by atoms with Gasteiger partial charge in [-0.2, -0.15) is 0 Å². The maximum Gasteiger partial charge on any atom is 0.222 e. The molecular formula is C23H34N6O. The normalized spacial score (nSPS) is 17.6. The highest BCUT2D eigenvalue weighted by Gasteiger charge is 2.28. The van der Waals surface area contributed by atoms with E-state index in [9.17, 15) is 4.79 Å². The highest BCUT2D eigenvalue weighted by molar-refractivity contribution is 5.88. The Bertz CT molecular complexity index is 858. The molecule has 162 valence electrons. The number of para-hydroxylation sites is 1. The Kier molecular flexibility index (Phi) is 6.79. The Labute approximate surface area is 179 Å². The molecule has 2 heterocycles. The fourth-order valence-electron chi connectivity index (χ4n) is 3.99. The van der Waals surface area contributed by atoms with Crippen LogP contribution in [0.15, 0.2) is 24.3 Å². The lowest BCUT2D eigenvalue weighted by atomic mass is 10.2. The Hall–Kier alpha value is -2.25. The third-order valence-electron chi connectivity index (χ3n) is 5.97. The van der Waals surface area contributed by atoms with Crippen molar-refractivity contribution in [3.8, 4) is 0 Å². The zero-order valence-electron chi connectivity index (χ0n) is 18.3. The summed E-state index contributed by atoms with van der Waals surface area (Å²) in [5, 5.41) is 4.59. The van der Waals surface area contributed by atoms with Crippen LogP contribution in [0, 0.1) is 5.92 Å². The second kappa shape index (κ2) is 9.71. The summed E-state index contributed by atoms with van der Waals surface area (Å²) in [6.45, 7) is 6.06. The molecule has 0 spiro atoms. The maximum absolute atomic E-state index is 12.3. The van der Waals surface area contributed by atoms with Gasteiger partial charge in [0.25, 0.3) is 0 Å². The average Bonchev–Trinajstić information content (AvgIpc) is 3.55. The first-order chi connectivity index (χ1) is 14.6. The number of piperazine rings is 1. The number of hydrogen-bond acceptors (Lipinski definition) is 6. The van der Waals surface area contributed by atoms with Crippen LogP contribution in [0.1, 0.15) is 31.5 Å². The average molecular weight is 411 g/mol. The molecule has 1 aliphatic carbocycles. The maximum atomic E-state index is 12.3. The first-order valence-electron chi connectivity index (χ1n) is 11.2. The van der Waals surface area contributed by atoms with Gasteiger partial charge in [-0.15, -0.1) is 0 Å². The molecule has 2 aliphatic rings. The summed E-state index contributed by atoms with van der Waals surface area (Å²) >= 11 is 0. The van der Waals surface area contributed by atoms with E-state index in [4.69, 9.17) is 9.97 Å². The highest BCUT2D eigenvalue weighted by atomic mass is 16.2. The van der Waals surface area contributed by atoms with Gasteiger partial charge in [0.1, 0.15) is 11.6 Å². The number of benzene rings is 1. The molecule has 0 atom stereocenters. The fourth-order valence-corrected chi connectivity index (χ4v) is 3.99. The topological polar surface area (TPSA) is 64.6 Å². The number of amides is 1. The molecule has 0 unspecified atom stereocenters. The Morgan fingerprint density at radius 3 is 2.63 bits per heavy atom. The fraction of sp³-hybridized carbons (Fsp3) is 0.609. The van der Waals surface area contributed by atoms with Crippen molar-refractivity contribution in [2.45, 2.75) is 32.2 Å². The second-order valence-electron chi connectivity index (χ2n) is 8.89. The molecule has 1 aliphatic heterocycles. The van der Waals surface area contributed by atoms with Crippen LogP contribution in [0.3, 0.4) is 0 Å². The zero-order chi connectivity index (χ0) is 20.9. The van der Waals surface area contributed by atoms with E-state index in [-0.39, 0.29) is 0 Å². The van der Waals surface area contributed by atoms with Gasteiger partial charge >= 0.3 is 0 Å². The quantitative estimate of drug-likeness (QED) is 0.641. The summed E-state index contributed by atoms with van der Waals surface area (Å²) in [6.07, 6.45) is 4.28. The van der Waals surface area contributed by atoms with Crippen molar-refractivity contribution in [3.05, 3.63) is 30.1 Å². The second-order valence-corrected chi connectivity index (χ2v) is 8.89. The van der Waals surface area contributed by atoms with E-state index in [1.807, 2.05) is 17.0 Å². The molecule has 7 nitrogen and oxygen atoms in total. The van der Waals surface area contributed by atoms with E-state index in [0.29, 0.717) is 11.8 Å². The van der Waals surface area contributed by atoms with E-state index in [1.54, 1.807) is 0 Å². The third-order valence-corrected chi connectivity index (χ3v) is 5.97. The molecule has 1 amide bonds. The lowest BCUT2D eigenvalue weighted by Gasteiger charge is -2.34. The van der Waals surface area contributed by atoms with E-state index < -0.39 is 0 Å². The minimum Gasteiger partial charge on any atom is -0.369 e. The molecule has 1 aromatic heterocycles. The van der Waals surface area contributed by atoms with E-state index in [1.165, 1.54) is 12.8 Å². The molecule has 1 N–H and O–H groups in total. The van der Waals surface area contributed by atoms with Crippen LogP contribution in [0.2, 0.25) is 0 Å². The summed E-state index contributed by atoms with van der Waals surface area (Å²) in [5.74, 6) is 2.77. The molecule has 1 saturated heterocycles. The molecule has 4 rings (SSSR count). The predicted molar refractivity (Wildman–Crippen MR) is 120 cm³/mol. The number of anilines is 1. The monoisotopic (exact) mass is 410 g/mol. The lowest BCUT2D eigenvalue weighted by molar-refractivity contribution is -0.133. The van der Waals surface area contributed by atoms with Gasteiger partial charge in [0.05, 0.1) is 12.1 Å². The van der Waals surface area contributed by atoms with Gasteiger partial charge < -0.3 is 15.1 Å². The predicted octanol–water partition coefficient (Wildman–Crippen LogP) is 2.44. The van der Waals surface area contributed by atoms with Crippen molar-refractivity contribution in [1.29, 1.82) is 0 Å². The zero-order valence-corrected chi connectivity index (χ0v) is 18.3. The van der Waals surface area contributed by atoms with Crippen LogP contribution in [0.5, 0.6) is 0 Å². The number of nitrogens with zero attached hydrogens (tertiary/aromatic N) is 5. The van der Waals surface area contributed by atoms with Crippen molar-refractivity contribution in [3.63, 3.8) is 0 Å². The van der Waals surface area contributed by atoms with Gasteiger partial charge in [0.2, 0.25) is 5.91 Å². The number of rotatable bonds is 9. The van der Waals surface area contributed by atoms with Crippen LogP contribution >= 0.6 is 0 Å². The van der Waals surface area contributed by atoms with Crippen molar-refractivity contribution >= 4 is 22.6 Å². The van der Waals surface area contributed by atoms with E-state index in [0.717, 1.165) is 81.2 Å². The Morgan fingerprint density at radius 1 is 1.13 bits per heavy atom. The summed E-state index contributed by atoms with van der Waals surface area (Å²) in [6, 6.07) is 8.20. The van der Waals surface area contributed by atoms with Gasteiger partial charge in [0.15, 0.2) is 0 Å². The largest absolute Gasteiger partial charge is 0.369 e. The van der Waals surface area contributed by atoms with E-state index >= 15 is 0 Å². The van der Waals surface area contributed by atoms with Crippen molar-refractivity contribution in [2.75, 3.05) is 58.7 Å². The van der Waals surface area contributed by atoms with Crippen molar-refractivity contribution in [1.82, 2.24) is 24.7 Å². The van der Waals surface area contributed by atoms with Crippen LogP contribution in [0.25, 0.3) is 10.9 Å². The Balaban J connectivity index is 1.37. The van der Waals surface area contributed by atoms with Crippen LogP contribution in [-0.4, -0.2) is 83.9 Å². The molecule has 1 aromatic carbocycles. The number of carbonyl (C=O) groups is 1.